The monoisotopic (exact) mass is 328 g/mol. The van der Waals surface area contributed by atoms with E-state index >= 15 is 0 Å². The third kappa shape index (κ3) is 4.29. The summed E-state index contributed by atoms with van der Waals surface area (Å²) in [5.74, 6) is -0.156. The molecule has 2 rings (SSSR count). The summed E-state index contributed by atoms with van der Waals surface area (Å²) in [7, 11) is 0. The van der Waals surface area contributed by atoms with Crippen LogP contribution < -0.4 is 10.6 Å². The lowest BCUT2D eigenvalue weighted by Crippen LogP contribution is -2.34. The van der Waals surface area contributed by atoms with Gasteiger partial charge in [0.25, 0.3) is 5.91 Å². The van der Waals surface area contributed by atoms with Crippen molar-refractivity contribution < 1.29 is 9.90 Å². The van der Waals surface area contributed by atoms with E-state index in [4.69, 9.17) is 12.2 Å². The summed E-state index contributed by atoms with van der Waals surface area (Å²) in [4.78, 5) is 12.3. The summed E-state index contributed by atoms with van der Waals surface area (Å²) < 4.78 is 0. The van der Waals surface area contributed by atoms with Gasteiger partial charge in [0.05, 0.1) is 5.69 Å². The van der Waals surface area contributed by atoms with Gasteiger partial charge in [0.1, 0.15) is 5.75 Å². The minimum Gasteiger partial charge on any atom is -0.505 e. The van der Waals surface area contributed by atoms with E-state index < -0.39 is 0 Å². The molecule has 0 aromatic heterocycles. The predicted molar refractivity (Wildman–Crippen MR) is 97.2 cm³/mol. The van der Waals surface area contributed by atoms with Crippen molar-refractivity contribution in [2.24, 2.45) is 0 Å². The third-order valence-corrected chi connectivity index (χ3v) is 3.61. The van der Waals surface area contributed by atoms with Crippen LogP contribution in [0.1, 0.15) is 32.6 Å². The summed E-state index contributed by atoms with van der Waals surface area (Å²) in [5.41, 5.74) is 4.80. The van der Waals surface area contributed by atoms with E-state index in [1.807, 2.05) is 39.8 Å². The number of benzene rings is 2. The number of aryl methyl sites for hydroxylation is 4. The number of amides is 1. The fourth-order valence-corrected chi connectivity index (χ4v) is 2.69. The first kappa shape index (κ1) is 17.0. The highest BCUT2D eigenvalue weighted by Crippen LogP contribution is 2.28. The number of carbonyl (C=O) groups excluding carboxylic acids is 1. The number of hydrogen-bond acceptors (Lipinski definition) is 3. The number of phenolic OH excluding ortho intramolecular Hbond substituents is 1. The fraction of sp³-hybridized carbons (Fsp3) is 0.222. The Bertz CT molecular complexity index is 765. The SMILES string of the molecule is Cc1cc(C)cc(C(=O)NC(=S)Nc2cc(C)cc(C)c2O)c1. The first-order valence-electron chi connectivity index (χ1n) is 7.27. The zero-order valence-electron chi connectivity index (χ0n) is 13.7. The van der Waals surface area contributed by atoms with Crippen molar-refractivity contribution in [2.45, 2.75) is 27.7 Å². The molecular weight excluding hydrogens is 308 g/mol. The molecule has 0 unspecified atom stereocenters. The molecule has 0 aliphatic rings. The summed E-state index contributed by atoms with van der Waals surface area (Å²) >= 11 is 5.17. The van der Waals surface area contributed by atoms with Crippen molar-refractivity contribution in [1.82, 2.24) is 5.32 Å². The summed E-state index contributed by atoms with van der Waals surface area (Å²) in [5, 5.41) is 15.7. The second-order valence-corrected chi connectivity index (χ2v) is 6.17. The molecule has 0 saturated carbocycles. The molecule has 120 valence electrons. The molecule has 4 nitrogen and oxygen atoms in total. The average Bonchev–Trinajstić information content (AvgIpc) is 2.43. The van der Waals surface area contributed by atoms with Gasteiger partial charge in [-0.2, -0.15) is 0 Å². The Labute approximate surface area is 141 Å². The largest absolute Gasteiger partial charge is 0.505 e. The molecule has 0 aliphatic heterocycles. The van der Waals surface area contributed by atoms with E-state index in [0.29, 0.717) is 11.3 Å². The van der Waals surface area contributed by atoms with Crippen LogP contribution in [0.5, 0.6) is 5.75 Å². The molecule has 0 atom stereocenters. The molecule has 2 aromatic carbocycles. The highest BCUT2D eigenvalue weighted by Gasteiger charge is 2.11. The lowest BCUT2D eigenvalue weighted by Gasteiger charge is -2.13. The summed E-state index contributed by atoms with van der Waals surface area (Å²) in [6, 6.07) is 9.26. The van der Waals surface area contributed by atoms with Gasteiger partial charge in [0.2, 0.25) is 0 Å². The van der Waals surface area contributed by atoms with Crippen LogP contribution in [-0.2, 0) is 0 Å². The number of phenols is 1. The van der Waals surface area contributed by atoms with Crippen molar-refractivity contribution in [2.75, 3.05) is 5.32 Å². The van der Waals surface area contributed by atoms with Gasteiger partial charge < -0.3 is 10.4 Å². The normalized spacial score (nSPS) is 10.3. The van der Waals surface area contributed by atoms with Gasteiger partial charge in [-0.05, 0) is 69.2 Å². The van der Waals surface area contributed by atoms with E-state index in [0.717, 1.165) is 22.3 Å². The molecule has 0 radical (unpaired) electrons. The van der Waals surface area contributed by atoms with Crippen LogP contribution >= 0.6 is 12.2 Å². The Hall–Kier alpha value is -2.40. The first-order chi connectivity index (χ1) is 10.8. The number of hydrogen-bond donors (Lipinski definition) is 3. The maximum Gasteiger partial charge on any atom is 0.257 e. The van der Waals surface area contributed by atoms with Gasteiger partial charge in [0.15, 0.2) is 5.11 Å². The van der Waals surface area contributed by atoms with Crippen molar-refractivity contribution in [3.8, 4) is 5.75 Å². The van der Waals surface area contributed by atoms with Crippen LogP contribution in [0.25, 0.3) is 0 Å². The lowest BCUT2D eigenvalue weighted by atomic mass is 10.1. The molecular formula is C18H20N2O2S. The van der Waals surface area contributed by atoms with Gasteiger partial charge in [-0.25, -0.2) is 0 Å². The number of nitrogens with one attached hydrogen (secondary N) is 2. The van der Waals surface area contributed by atoms with Crippen LogP contribution in [0.4, 0.5) is 5.69 Å². The van der Waals surface area contributed by atoms with Crippen LogP contribution in [0.15, 0.2) is 30.3 Å². The smallest absolute Gasteiger partial charge is 0.257 e. The van der Waals surface area contributed by atoms with Crippen molar-refractivity contribution in [3.63, 3.8) is 0 Å². The quantitative estimate of drug-likeness (QED) is 0.580. The van der Waals surface area contributed by atoms with Crippen LogP contribution in [-0.4, -0.2) is 16.1 Å². The molecule has 2 aromatic rings. The van der Waals surface area contributed by atoms with Gasteiger partial charge in [-0.1, -0.05) is 23.3 Å². The second kappa shape index (κ2) is 6.79. The molecule has 1 amide bonds. The lowest BCUT2D eigenvalue weighted by molar-refractivity contribution is 0.0977. The van der Waals surface area contributed by atoms with Crippen LogP contribution in [0.3, 0.4) is 0 Å². The third-order valence-electron chi connectivity index (χ3n) is 3.40. The maximum atomic E-state index is 12.3. The second-order valence-electron chi connectivity index (χ2n) is 5.76. The zero-order chi connectivity index (χ0) is 17.1. The zero-order valence-corrected chi connectivity index (χ0v) is 14.5. The summed E-state index contributed by atoms with van der Waals surface area (Å²) in [6.45, 7) is 7.61. The summed E-state index contributed by atoms with van der Waals surface area (Å²) in [6.07, 6.45) is 0. The molecule has 0 heterocycles. The highest BCUT2D eigenvalue weighted by atomic mass is 32.1. The van der Waals surface area contributed by atoms with Crippen LogP contribution in [0.2, 0.25) is 0 Å². The van der Waals surface area contributed by atoms with Crippen molar-refractivity contribution in [3.05, 3.63) is 58.1 Å². The Morgan fingerprint density at radius 2 is 1.52 bits per heavy atom. The van der Waals surface area contributed by atoms with Gasteiger partial charge in [0, 0.05) is 5.56 Å². The fourth-order valence-electron chi connectivity index (χ4n) is 2.49. The minimum atomic E-state index is -0.279. The average molecular weight is 328 g/mol. The molecule has 3 N–H and O–H groups in total. The first-order valence-corrected chi connectivity index (χ1v) is 7.68. The molecule has 23 heavy (non-hydrogen) atoms. The van der Waals surface area contributed by atoms with E-state index in [2.05, 4.69) is 10.6 Å². The highest BCUT2D eigenvalue weighted by molar-refractivity contribution is 7.80. The van der Waals surface area contributed by atoms with Crippen LogP contribution in [0, 0.1) is 27.7 Å². The number of rotatable bonds is 2. The predicted octanol–water partition coefficient (Wildman–Crippen LogP) is 3.75. The van der Waals surface area contributed by atoms with Crippen molar-refractivity contribution >= 4 is 28.9 Å². The molecule has 0 aliphatic carbocycles. The Balaban J connectivity index is 2.12. The van der Waals surface area contributed by atoms with Gasteiger partial charge in [-0.15, -0.1) is 0 Å². The number of carbonyl (C=O) groups is 1. The maximum absolute atomic E-state index is 12.3. The Morgan fingerprint density at radius 3 is 2.13 bits per heavy atom. The topological polar surface area (TPSA) is 61.4 Å². The van der Waals surface area contributed by atoms with E-state index in [-0.39, 0.29) is 16.8 Å². The van der Waals surface area contributed by atoms with Crippen molar-refractivity contribution in [1.29, 1.82) is 0 Å². The Kier molecular flexibility index (Phi) is 5.01. The van der Waals surface area contributed by atoms with Gasteiger partial charge in [-0.3, -0.25) is 10.1 Å². The molecule has 0 saturated heterocycles. The number of anilines is 1. The molecule has 0 fully saturated rings. The minimum absolute atomic E-state index is 0.124. The van der Waals surface area contributed by atoms with E-state index in [1.165, 1.54) is 0 Å². The molecule has 0 spiro atoms. The molecule has 5 heteroatoms. The van der Waals surface area contributed by atoms with E-state index in [9.17, 15) is 9.90 Å². The van der Waals surface area contributed by atoms with E-state index in [1.54, 1.807) is 18.2 Å². The molecule has 0 bridgehead atoms. The Morgan fingerprint density at radius 1 is 0.957 bits per heavy atom. The standard InChI is InChI=1S/C18H20N2O2S/c1-10-5-11(2)8-14(7-10)17(22)20-18(23)19-15-9-12(3)6-13(4)16(15)21/h5-9,21H,1-4H3,(H2,19,20,22,23). The number of thiocarbonyl (C=S) groups is 1. The van der Waals surface area contributed by atoms with Gasteiger partial charge >= 0.3 is 0 Å². The number of aromatic hydroxyl groups is 1.